The second-order valence-electron chi connectivity index (χ2n) is 5.59. The molecule has 1 aromatic carbocycles. The van der Waals surface area contributed by atoms with Gasteiger partial charge in [-0.2, -0.15) is 0 Å². The van der Waals surface area contributed by atoms with Gasteiger partial charge < -0.3 is 10.1 Å². The van der Waals surface area contributed by atoms with Crippen molar-refractivity contribution < 1.29 is 9.13 Å². The van der Waals surface area contributed by atoms with Crippen molar-refractivity contribution in [2.45, 2.75) is 33.9 Å². The van der Waals surface area contributed by atoms with E-state index in [-0.39, 0.29) is 5.82 Å². The first kappa shape index (κ1) is 16.0. The van der Waals surface area contributed by atoms with Crippen LogP contribution in [0.25, 0.3) is 0 Å². The molecule has 4 heteroatoms. The van der Waals surface area contributed by atoms with Crippen LogP contribution < -0.4 is 10.1 Å². The lowest BCUT2D eigenvalue weighted by Crippen LogP contribution is -2.18. The molecule has 0 saturated carbocycles. The first-order valence-electron chi connectivity index (χ1n) is 7.22. The molecular formula is C17H22FNOS. The minimum Gasteiger partial charge on any atom is -0.488 e. The van der Waals surface area contributed by atoms with Crippen LogP contribution in [0.3, 0.4) is 0 Å². The molecule has 0 spiro atoms. The smallest absolute Gasteiger partial charge is 0.123 e. The van der Waals surface area contributed by atoms with E-state index in [1.165, 1.54) is 21.9 Å². The summed E-state index contributed by atoms with van der Waals surface area (Å²) >= 11 is 1.75. The Balaban J connectivity index is 1.85. The normalized spacial score (nSPS) is 11.1. The molecule has 1 N–H and O–H groups in total. The van der Waals surface area contributed by atoms with Crippen molar-refractivity contribution in [3.63, 3.8) is 0 Å². The number of hydrogen-bond acceptors (Lipinski definition) is 3. The number of nitrogens with one attached hydrogen (secondary N) is 1. The molecule has 0 unspecified atom stereocenters. The minimum atomic E-state index is -0.227. The summed E-state index contributed by atoms with van der Waals surface area (Å²) in [6.07, 6.45) is 0. The Morgan fingerprint density at radius 1 is 1.19 bits per heavy atom. The summed E-state index contributed by atoms with van der Waals surface area (Å²) in [7, 11) is 0. The third-order valence-corrected chi connectivity index (χ3v) is 4.13. The van der Waals surface area contributed by atoms with Gasteiger partial charge in [-0.05, 0) is 55.3 Å². The van der Waals surface area contributed by atoms with E-state index in [9.17, 15) is 4.39 Å². The molecule has 2 nitrogen and oxygen atoms in total. The highest BCUT2D eigenvalue weighted by molar-refractivity contribution is 7.11. The predicted molar refractivity (Wildman–Crippen MR) is 86.3 cm³/mol. The average molecular weight is 307 g/mol. The Kier molecular flexibility index (Phi) is 5.76. The Hall–Kier alpha value is -1.39. The van der Waals surface area contributed by atoms with Crippen LogP contribution in [0.15, 0.2) is 30.3 Å². The zero-order chi connectivity index (χ0) is 15.2. The molecule has 1 aromatic heterocycles. The van der Waals surface area contributed by atoms with Crippen molar-refractivity contribution in [1.82, 2.24) is 5.32 Å². The maximum Gasteiger partial charge on any atom is 0.123 e. The number of thiophene rings is 1. The third kappa shape index (κ3) is 5.14. The zero-order valence-electron chi connectivity index (χ0n) is 12.8. The Morgan fingerprint density at radius 3 is 2.67 bits per heavy atom. The molecule has 0 fully saturated rings. The Labute approximate surface area is 130 Å². The molecule has 2 rings (SSSR count). The summed E-state index contributed by atoms with van der Waals surface area (Å²) in [6, 6.07) is 8.83. The van der Waals surface area contributed by atoms with Crippen LogP contribution in [-0.2, 0) is 13.2 Å². The fourth-order valence-corrected chi connectivity index (χ4v) is 2.90. The number of benzene rings is 1. The summed E-state index contributed by atoms with van der Waals surface area (Å²) in [6.45, 7) is 8.71. The van der Waals surface area contributed by atoms with E-state index in [0.29, 0.717) is 12.5 Å². The van der Waals surface area contributed by atoms with Crippen LogP contribution in [0.4, 0.5) is 4.39 Å². The lowest BCUT2D eigenvalue weighted by Gasteiger charge is -2.08. The summed E-state index contributed by atoms with van der Waals surface area (Å²) in [5.41, 5.74) is 0.824. The van der Waals surface area contributed by atoms with E-state index < -0.39 is 0 Å². The molecule has 1 heterocycles. The summed E-state index contributed by atoms with van der Waals surface area (Å²) in [4.78, 5) is 2.49. The van der Waals surface area contributed by atoms with Gasteiger partial charge in [-0.25, -0.2) is 4.39 Å². The van der Waals surface area contributed by atoms with Gasteiger partial charge in [0.25, 0.3) is 0 Å². The van der Waals surface area contributed by atoms with Gasteiger partial charge in [0.1, 0.15) is 18.2 Å². The van der Waals surface area contributed by atoms with E-state index in [2.05, 4.69) is 31.3 Å². The van der Waals surface area contributed by atoms with Gasteiger partial charge in [-0.15, -0.1) is 11.3 Å². The second-order valence-corrected chi connectivity index (χ2v) is 6.84. The third-order valence-electron chi connectivity index (χ3n) is 3.08. The van der Waals surface area contributed by atoms with Crippen LogP contribution in [0.2, 0.25) is 0 Å². The van der Waals surface area contributed by atoms with Gasteiger partial charge in [0, 0.05) is 16.3 Å². The van der Waals surface area contributed by atoms with Gasteiger partial charge >= 0.3 is 0 Å². The molecule has 21 heavy (non-hydrogen) atoms. The standard InChI is InChI=1S/C17H22FNOS/c1-12(2)9-19-10-15-5-6-16(21-15)11-20-17-7-4-14(18)8-13(17)3/h4-8,12,19H,9-11H2,1-3H3. The number of rotatable bonds is 7. The summed E-state index contributed by atoms with van der Waals surface area (Å²) in [5.74, 6) is 1.17. The lowest BCUT2D eigenvalue weighted by molar-refractivity contribution is 0.307. The number of aryl methyl sites for hydroxylation is 1. The van der Waals surface area contributed by atoms with Gasteiger partial charge in [-0.1, -0.05) is 13.8 Å². The molecular weight excluding hydrogens is 285 g/mol. The van der Waals surface area contributed by atoms with E-state index in [1.807, 2.05) is 6.92 Å². The monoisotopic (exact) mass is 307 g/mol. The first-order chi connectivity index (χ1) is 10.0. The van der Waals surface area contributed by atoms with E-state index in [1.54, 1.807) is 17.4 Å². The Morgan fingerprint density at radius 2 is 1.95 bits per heavy atom. The van der Waals surface area contributed by atoms with Crippen molar-refractivity contribution in [3.05, 3.63) is 51.5 Å². The molecule has 2 aromatic rings. The van der Waals surface area contributed by atoms with Crippen molar-refractivity contribution in [1.29, 1.82) is 0 Å². The van der Waals surface area contributed by atoms with Gasteiger partial charge in [-0.3, -0.25) is 0 Å². The van der Waals surface area contributed by atoms with Crippen molar-refractivity contribution >= 4 is 11.3 Å². The van der Waals surface area contributed by atoms with Crippen molar-refractivity contribution in [2.75, 3.05) is 6.54 Å². The summed E-state index contributed by atoms with van der Waals surface area (Å²) < 4.78 is 18.8. The maximum absolute atomic E-state index is 13.0. The van der Waals surface area contributed by atoms with Crippen LogP contribution in [0.1, 0.15) is 29.2 Å². The van der Waals surface area contributed by atoms with Crippen LogP contribution >= 0.6 is 11.3 Å². The second kappa shape index (κ2) is 7.57. The van der Waals surface area contributed by atoms with Crippen molar-refractivity contribution in [2.24, 2.45) is 5.92 Å². The number of hydrogen-bond donors (Lipinski definition) is 1. The molecule has 0 atom stereocenters. The fraction of sp³-hybridized carbons (Fsp3) is 0.412. The topological polar surface area (TPSA) is 21.3 Å². The fourth-order valence-electron chi connectivity index (χ4n) is 2.00. The van der Waals surface area contributed by atoms with E-state index in [0.717, 1.165) is 24.4 Å². The average Bonchev–Trinajstić information content (AvgIpc) is 2.85. The maximum atomic E-state index is 13.0. The van der Waals surface area contributed by atoms with Crippen LogP contribution in [0.5, 0.6) is 5.75 Å². The minimum absolute atomic E-state index is 0.227. The number of ether oxygens (including phenoxy) is 1. The highest BCUT2D eigenvalue weighted by Crippen LogP contribution is 2.22. The van der Waals surface area contributed by atoms with Crippen molar-refractivity contribution in [3.8, 4) is 5.75 Å². The molecule has 0 aliphatic heterocycles. The van der Waals surface area contributed by atoms with E-state index in [4.69, 9.17) is 4.74 Å². The van der Waals surface area contributed by atoms with Gasteiger partial charge in [0.05, 0.1) is 0 Å². The SMILES string of the molecule is Cc1cc(F)ccc1OCc1ccc(CNCC(C)C)s1. The first-order valence-corrected chi connectivity index (χ1v) is 8.03. The highest BCUT2D eigenvalue weighted by atomic mass is 32.1. The largest absolute Gasteiger partial charge is 0.488 e. The Bertz CT molecular complexity index is 580. The molecule has 0 amide bonds. The quantitative estimate of drug-likeness (QED) is 0.812. The van der Waals surface area contributed by atoms with Crippen LogP contribution in [-0.4, -0.2) is 6.54 Å². The van der Waals surface area contributed by atoms with E-state index >= 15 is 0 Å². The molecule has 0 radical (unpaired) electrons. The molecule has 0 aliphatic carbocycles. The molecule has 0 bridgehead atoms. The van der Waals surface area contributed by atoms with Gasteiger partial charge in [0.2, 0.25) is 0 Å². The highest BCUT2D eigenvalue weighted by Gasteiger charge is 2.04. The lowest BCUT2D eigenvalue weighted by atomic mass is 10.2. The molecule has 0 aliphatic rings. The summed E-state index contributed by atoms with van der Waals surface area (Å²) in [5, 5.41) is 3.43. The molecule has 0 saturated heterocycles. The van der Waals surface area contributed by atoms with Gasteiger partial charge in [0.15, 0.2) is 0 Å². The molecule has 114 valence electrons. The van der Waals surface area contributed by atoms with Crippen LogP contribution in [0, 0.1) is 18.7 Å². The zero-order valence-corrected chi connectivity index (χ0v) is 13.6. The number of halogens is 1. The predicted octanol–water partition coefficient (Wildman–Crippen LogP) is 4.52.